The van der Waals surface area contributed by atoms with E-state index in [1.165, 1.54) is 36.3 Å². The largest absolute Gasteiger partial charge is 0.497 e. The first kappa shape index (κ1) is 18.8. The summed E-state index contributed by atoms with van der Waals surface area (Å²) >= 11 is 0. The zero-order chi connectivity index (χ0) is 19.6. The van der Waals surface area contributed by atoms with Gasteiger partial charge >= 0.3 is 5.97 Å². The Balaban J connectivity index is 1.84. The highest BCUT2D eigenvalue weighted by molar-refractivity contribution is 5.95. The molecule has 1 saturated heterocycles. The molecule has 0 aromatic heterocycles. The van der Waals surface area contributed by atoms with Crippen molar-refractivity contribution in [3.05, 3.63) is 53.6 Å². The Morgan fingerprint density at radius 2 is 1.93 bits per heavy atom. The van der Waals surface area contributed by atoms with Crippen molar-refractivity contribution in [1.29, 1.82) is 0 Å². The molecule has 2 aromatic rings. The molecule has 7 heteroatoms. The summed E-state index contributed by atoms with van der Waals surface area (Å²) in [5.41, 5.74) is 0.336. The number of carbonyl (C=O) groups excluding carboxylic acids is 1. The molecular weight excluding hydrogens is 356 g/mol. The summed E-state index contributed by atoms with van der Waals surface area (Å²) in [5, 5.41) is 9.13. The number of methoxy groups -OCH3 is 1. The molecule has 0 radical (unpaired) electrons. The molecule has 3 rings (SSSR count). The third kappa shape index (κ3) is 3.92. The van der Waals surface area contributed by atoms with Crippen LogP contribution < -0.4 is 4.74 Å². The van der Waals surface area contributed by atoms with E-state index in [-0.39, 0.29) is 17.7 Å². The first-order valence-corrected chi connectivity index (χ1v) is 8.56. The van der Waals surface area contributed by atoms with Crippen molar-refractivity contribution < 1.29 is 28.2 Å². The Morgan fingerprint density at radius 3 is 2.56 bits per heavy atom. The van der Waals surface area contributed by atoms with Crippen LogP contribution in [-0.2, 0) is 4.79 Å². The molecule has 1 atom stereocenters. The number of aliphatic carboxylic acids is 1. The summed E-state index contributed by atoms with van der Waals surface area (Å²) < 4.78 is 33.7. The number of ether oxygens (including phenoxy) is 1. The lowest BCUT2D eigenvalue weighted by molar-refractivity contribution is -0.143. The number of amides is 1. The zero-order valence-corrected chi connectivity index (χ0v) is 14.7. The standard InChI is InChI=1S/C20H19F2NO4/c1-27-14-5-7-15(18(22)10-14)12-4-6-16(17(21)9-12)19(24)23-8-2-3-13(11-23)20(25)26/h4-7,9-10,13H,2-3,8,11H2,1H3,(H,25,26). The van der Waals surface area contributed by atoms with Gasteiger partial charge in [-0.2, -0.15) is 0 Å². The fourth-order valence-electron chi connectivity index (χ4n) is 3.25. The Labute approximate surface area is 155 Å². The molecule has 1 fully saturated rings. The number of carboxylic acids is 1. The highest BCUT2D eigenvalue weighted by atomic mass is 19.1. The highest BCUT2D eigenvalue weighted by Gasteiger charge is 2.29. The normalized spacial score (nSPS) is 16.9. The van der Waals surface area contributed by atoms with Gasteiger partial charge < -0.3 is 14.7 Å². The van der Waals surface area contributed by atoms with Gasteiger partial charge in [0.05, 0.1) is 18.6 Å². The number of hydrogen-bond donors (Lipinski definition) is 1. The molecule has 27 heavy (non-hydrogen) atoms. The first-order chi connectivity index (χ1) is 12.9. The lowest BCUT2D eigenvalue weighted by atomic mass is 9.97. The number of benzene rings is 2. The highest BCUT2D eigenvalue weighted by Crippen LogP contribution is 2.28. The minimum Gasteiger partial charge on any atom is -0.497 e. The molecule has 0 bridgehead atoms. The van der Waals surface area contributed by atoms with E-state index in [1.54, 1.807) is 6.07 Å². The molecule has 0 saturated carbocycles. The SMILES string of the molecule is COc1ccc(-c2ccc(C(=O)N3CCCC(C(=O)O)C3)c(F)c2)c(F)c1. The van der Waals surface area contributed by atoms with E-state index >= 15 is 0 Å². The number of rotatable bonds is 4. The van der Waals surface area contributed by atoms with Crippen LogP contribution in [0.3, 0.4) is 0 Å². The van der Waals surface area contributed by atoms with Gasteiger partial charge in [0.15, 0.2) is 0 Å². The van der Waals surface area contributed by atoms with Crippen LogP contribution in [0.15, 0.2) is 36.4 Å². The molecule has 1 N–H and O–H groups in total. The third-order valence-electron chi connectivity index (χ3n) is 4.74. The van der Waals surface area contributed by atoms with E-state index < -0.39 is 29.4 Å². The number of piperidine rings is 1. The third-order valence-corrected chi connectivity index (χ3v) is 4.74. The summed E-state index contributed by atoms with van der Waals surface area (Å²) in [6.45, 7) is 0.444. The van der Waals surface area contributed by atoms with Crippen LogP contribution in [0.1, 0.15) is 23.2 Å². The van der Waals surface area contributed by atoms with Gasteiger partial charge in [0.2, 0.25) is 0 Å². The fraction of sp³-hybridized carbons (Fsp3) is 0.300. The summed E-state index contributed by atoms with van der Waals surface area (Å²) in [5.74, 6) is -3.14. The van der Waals surface area contributed by atoms with Crippen LogP contribution in [-0.4, -0.2) is 42.1 Å². The van der Waals surface area contributed by atoms with Crippen LogP contribution >= 0.6 is 0 Å². The number of nitrogens with zero attached hydrogens (tertiary/aromatic N) is 1. The molecule has 0 aliphatic carbocycles. The molecule has 1 aliphatic rings. The molecule has 1 amide bonds. The predicted octanol–water partition coefficient (Wildman–Crippen LogP) is 3.58. The second-order valence-corrected chi connectivity index (χ2v) is 6.47. The van der Waals surface area contributed by atoms with E-state index in [4.69, 9.17) is 9.84 Å². The molecule has 5 nitrogen and oxygen atoms in total. The van der Waals surface area contributed by atoms with Crippen LogP contribution in [0.5, 0.6) is 5.75 Å². The zero-order valence-electron chi connectivity index (χ0n) is 14.7. The van der Waals surface area contributed by atoms with E-state index in [9.17, 15) is 18.4 Å². The van der Waals surface area contributed by atoms with Crippen LogP contribution in [0, 0.1) is 17.6 Å². The van der Waals surface area contributed by atoms with Crippen molar-refractivity contribution in [3.8, 4) is 16.9 Å². The maximum Gasteiger partial charge on any atom is 0.308 e. The van der Waals surface area contributed by atoms with Gasteiger partial charge in [-0.25, -0.2) is 8.78 Å². The summed E-state index contributed by atoms with van der Waals surface area (Å²) in [6, 6.07) is 8.13. The summed E-state index contributed by atoms with van der Waals surface area (Å²) in [6.07, 6.45) is 1.05. The summed E-state index contributed by atoms with van der Waals surface area (Å²) in [7, 11) is 1.42. The Hall–Kier alpha value is -2.96. The van der Waals surface area contributed by atoms with Crippen LogP contribution in [0.2, 0.25) is 0 Å². The lowest BCUT2D eigenvalue weighted by Gasteiger charge is -2.30. The molecule has 0 spiro atoms. The minimum atomic E-state index is -0.960. The number of carbonyl (C=O) groups is 2. The maximum absolute atomic E-state index is 14.6. The van der Waals surface area contributed by atoms with Crippen LogP contribution in [0.4, 0.5) is 8.78 Å². The number of carboxylic acid groups (broad SMARTS) is 1. The smallest absolute Gasteiger partial charge is 0.308 e. The molecule has 1 heterocycles. The molecule has 2 aromatic carbocycles. The van der Waals surface area contributed by atoms with Crippen molar-refractivity contribution in [2.45, 2.75) is 12.8 Å². The molecule has 1 aliphatic heterocycles. The molecular formula is C20H19F2NO4. The van der Waals surface area contributed by atoms with E-state index in [2.05, 4.69) is 0 Å². The van der Waals surface area contributed by atoms with E-state index in [0.29, 0.717) is 30.7 Å². The lowest BCUT2D eigenvalue weighted by Crippen LogP contribution is -2.42. The fourth-order valence-corrected chi connectivity index (χ4v) is 3.25. The Kier molecular flexibility index (Phi) is 5.39. The van der Waals surface area contributed by atoms with Crippen molar-refractivity contribution in [3.63, 3.8) is 0 Å². The van der Waals surface area contributed by atoms with Crippen molar-refractivity contribution in [1.82, 2.24) is 4.90 Å². The van der Waals surface area contributed by atoms with Crippen molar-refractivity contribution >= 4 is 11.9 Å². The van der Waals surface area contributed by atoms with Gasteiger partial charge in [-0.15, -0.1) is 0 Å². The van der Waals surface area contributed by atoms with E-state index in [0.717, 1.165) is 6.07 Å². The van der Waals surface area contributed by atoms with Crippen LogP contribution in [0.25, 0.3) is 11.1 Å². The predicted molar refractivity (Wildman–Crippen MR) is 94.6 cm³/mol. The Bertz CT molecular complexity index is 884. The topological polar surface area (TPSA) is 66.8 Å². The number of hydrogen-bond acceptors (Lipinski definition) is 3. The number of halogens is 2. The minimum absolute atomic E-state index is 0.0580. The summed E-state index contributed by atoms with van der Waals surface area (Å²) in [4.78, 5) is 25.1. The van der Waals surface area contributed by atoms with Crippen molar-refractivity contribution in [2.24, 2.45) is 5.92 Å². The average molecular weight is 375 g/mol. The maximum atomic E-state index is 14.6. The second kappa shape index (κ2) is 7.73. The quantitative estimate of drug-likeness (QED) is 0.887. The molecule has 1 unspecified atom stereocenters. The van der Waals surface area contributed by atoms with Gasteiger partial charge in [-0.1, -0.05) is 6.07 Å². The monoisotopic (exact) mass is 375 g/mol. The van der Waals surface area contributed by atoms with E-state index in [1.807, 2.05) is 0 Å². The second-order valence-electron chi connectivity index (χ2n) is 6.47. The molecule has 142 valence electrons. The Morgan fingerprint density at radius 1 is 1.15 bits per heavy atom. The van der Waals surface area contributed by atoms with Crippen molar-refractivity contribution in [2.75, 3.05) is 20.2 Å². The van der Waals surface area contributed by atoms with Gasteiger partial charge in [-0.05, 0) is 42.7 Å². The number of likely N-dealkylation sites (tertiary alicyclic amines) is 1. The van der Waals surface area contributed by atoms with Gasteiger partial charge in [0, 0.05) is 24.7 Å². The first-order valence-electron chi connectivity index (χ1n) is 8.56. The average Bonchev–Trinajstić information content (AvgIpc) is 2.67. The van der Waals surface area contributed by atoms with Gasteiger partial charge in [0.25, 0.3) is 5.91 Å². The van der Waals surface area contributed by atoms with Gasteiger partial charge in [0.1, 0.15) is 17.4 Å². The van der Waals surface area contributed by atoms with Gasteiger partial charge in [-0.3, -0.25) is 9.59 Å².